The van der Waals surface area contributed by atoms with Crippen molar-refractivity contribution in [3.8, 4) is 6.07 Å². The molecule has 0 unspecified atom stereocenters. The highest BCUT2D eigenvalue weighted by Gasteiger charge is 2.26. The van der Waals surface area contributed by atoms with Crippen LogP contribution in [-0.2, 0) is 19.4 Å². The van der Waals surface area contributed by atoms with Gasteiger partial charge in [0.2, 0.25) is 0 Å². The predicted octanol–water partition coefficient (Wildman–Crippen LogP) is -1.73. The molecule has 1 N–H and O–H groups in total. The van der Waals surface area contributed by atoms with Crippen LogP contribution in [0.5, 0.6) is 0 Å². The molecule has 1 aliphatic rings. The number of hydrogen-bond acceptors (Lipinski definition) is 5. The molecule has 0 aromatic heterocycles. The quantitative estimate of drug-likeness (QED) is 0.445. The Balaban J connectivity index is 2.59. The van der Waals surface area contributed by atoms with Crippen LogP contribution < -0.4 is 5.32 Å². The van der Waals surface area contributed by atoms with Crippen molar-refractivity contribution >= 4 is 21.7 Å². The van der Waals surface area contributed by atoms with Crippen molar-refractivity contribution in [2.75, 3.05) is 31.1 Å². The SMILES string of the molecule is N#CCNC(=O)C(=O)N1CCCS(=O)(=O)CC1. The fraction of sp³-hybridized carbons (Fsp3) is 0.667. The van der Waals surface area contributed by atoms with E-state index in [1.165, 1.54) is 4.90 Å². The molecule has 0 aromatic rings. The van der Waals surface area contributed by atoms with Gasteiger partial charge in [-0.1, -0.05) is 0 Å². The van der Waals surface area contributed by atoms with Gasteiger partial charge < -0.3 is 10.2 Å². The minimum absolute atomic E-state index is 0.0289. The Kier molecular flexibility index (Phi) is 4.45. The average molecular weight is 259 g/mol. The van der Waals surface area contributed by atoms with Crippen molar-refractivity contribution < 1.29 is 18.0 Å². The second-order valence-electron chi connectivity index (χ2n) is 3.64. The smallest absolute Gasteiger partial charge is 0.311 e. The van der Waals surface area contributed by atoms with Crippen LogP contribution in [0.2, 0.25) is 0 Å². The van der Waals surface area contributed by atoms with E-state index in [-0.39, 0.29) is 31.1 Å². The van der Waals surface area contributed by atoms with E-state index in [4.69, 9.17) is 5.26 Å². The van der Waals surface area contributed by atoms with Crippen LogP contribution >= 0.6 is 0 Å². The minimum Gasteiger partial charge on any atom is -0.335 e. The number of carbonyl (C=O) groups is 2. The summed E-state index contributed by atoms with van der Waals surface area (Å²) in [4.78, 5) is 24.1. The molecule has 1 fully saturated rings. The van der Waals surface area contributed by atoms with Crippen molar-refractivity contribution in [3.05, 3.63) is 0 Å². The monoisotopic (exact) mass is 259 g/mol. The van der Waals surface area contributed by atoms with Gasteiger partial charge in [0, 0.05) is 13.1 Å². The number of nitrogens with one attached hydrogen (secondary N) is 1. The van der Waals surface area contributed by atoms with Gasteiger partial charge in [-0.2, -0.15) is 5.26 Å². The van der Waals surface area contributed by atoms with Crippen LogP contribution in [-0.4, -0.2) is 56.3 Å². The van der Waals surface area contributed by atoms with Crippen molar-refractivity contribution in [2.45, 2.75) is 6.42 Å². The van der Waals surface area contributed by atoms with Crippen molar-refractivity contribution in [1.29, 1.82) is 5.26 Å². The van der Waals surface area contributed by atoms with Crippen LogP contribution in [0.1, 0.15) is 6.42 Å². The van der Waals surface area contributed by atoms with E-state index in [2.05, 4.69) is 5.32 Å². The molecule has 0 saturated carbocycles. The fourth-order valence-electron chi connectivity index (χ4n) is 1.48. The number of sulfone groups is 1. The number of rotatable bonds is 1. The standard InChI is InChI=1S/C9H13N3O4S/c10-2-3-11-8(13)9(14)12-4-1-6-17(15,16)7-5-12/h1,3-7H2,(H,11,13). The summed E-state index contributed by atoms with van der Waals surface area (Å²) in [6, 6.07) is 1.68. The molecule has 1 heterocycles. The summed E-state index contributed by atoms with van der Waals surface area (Å²) < 4.78 is 22.6. The van der Waals surface area contributed by atoms with Gasteiger partial charge in [0.25, 0.3) is 0 Å². The summed E-state index contributed by atoms with van der Waals surface area (Å²) in [6.07, 6.45) is 0.333. The molecule has 2 amide bonds. The molecule has 17 heavy (non-hydrogen) atoms. The molecule has 0 atom stereocenters. The number of nitrogens with zero attached hydrogens (tertiary/aromatic N) is 2. The summed E-state index contributed by atoms with van der Waals surface area (Å²) in [7, 11) is -3.11. The summed E-state index contributed by atoms with van der Waals surface area (Å²) in [6.45, 7) is 0.0376. The summed E-state index contributed by atoms with van der Waals surface area (Å²) in [5.41, 5.74) is 0. The molecule has 1 rings (SSSR count). The van der Waals surface area contributed by atoms with E-state index in [1.54, 1.807) is 6.07 Å². The van der Waals surface area contributed by atoms with Crippen molar-refractivity contribution in [3.63, 3.8) is 0 Å². The van der Waals surface area contributed by atoms with Gasteiger partial charge in [-0.25, -0.2) is 8.42 Å². The molecule has 94 valence electrons. The highest BCUT2D eigenvalue weighted by atomic mass is 32.2. The maximum absolute atomic E-state index is 11.6. The Hall–Kier alpha value is -1.62. The predicted molar refractivity (Wildman–Crippen MR) is 58.5 cm³/mol. The van der Waals surface area contributed by atoms with E-state index in [0.29, 0.717) is 6.42 Å². The molecule has 1 aliphatic heterocycles. The average Bonchev–Trinajstić information content (AvgIpc) is 2.46. The van der Waals surface area contributed by atoms with E-state index >= 15 is 0 Å². The lowest BCUT2D eigenvalue weighted by molar-refractivity contribution is -0.145. The van der Waals surface area contributed by atoms with Crippen molar-refractivity contribution in [2.24, 2.45) is 0 Å². The van der Waals surface area contributed by atoms with E-state index in [9.17, 15) is 18.0 Å². The first-order valence-corrected chi connectivity index (χ1v) is 6.93. The Morgan fingerprint density at radius 1 is 1.29 bits per heavy atom. The fourth-order valence-corrected chi connectivity index (χ4v) is 2.75. The highest BCUT2D eigenvalue weighted by molar-refractivity contribution is 7.91. The zero-order valence-electron chi connectivity index (χ0n) is 9.18. The molecule has 8 heteroatoms. The van der Waals surface area contributed by atoms with Gasteiger partial charge in [0.15, 0.2) is 9.84 Å². The maximum Gasteiger partial charge on any atom is 0.311 e. The third kappa shape index (κ3) is 4.03. The minimum atomic E-state index is -3.11. The zero-order chi connectivity index (χ0) is 12.9. The van der Waals surface area contributed by atoms with Gasteiger partial charge >= 0.3 is 11.8 Å². The Morgan fingerprint density at radius 2 is 2.00 bits per heavy atom. The first-order chi connectivity index (χ1) is 7.96. The Bertz CT molecular complexity index is 451. The lowest BCUT2D eigenvalue weighted by atomic mass is 10.3. The molecule has 7 nitrogen and oxygen atoms in total. The van der Waals surface area contributed by atoms with E-state index in [1.807, 2.05) is 0 Å². The molecule has 0 aliphatic carbocycles. The second-order valence-corrected chi connectivity index (χ2v) is 5.94. The molecule has 1 saturated heterocycles. The Morgan fingerprint density at radius 3 is 2.65 bits per heavy atom. The van der Waals surface area contributed by atoms with Gasteiger partial charge in [-0.05, 0) is 6.42 Å². The molecular weight excluding hydrogens is 246 g/mol. The van der Waals surface area contributed by atoms with Gasteiger partial charge in [0.1, 0.15) is 6.54 Å². The number of nitriles is 1. The first-order valence-electron chi connectivity index (χ1n) is 5.11. The van der Waals surface area contributed by atoms with Crippen LogP contribution in [0.3, 0.4) is 0 Å². The number of hydrogen-bond donors (Lipinski definition) is 1. The van der Waals surface area contributed by atoms with Crippen molar-refractivity contribution in [1.82, 2.24) is 10.2 Å². The molecule has 0 radical (unpaired) electrons. The molecule has 0 bridgehead atoms. The molecular formula is C9H13N3O4S. The van der Waals surface area contributed by atoms with Gasteiger partial charge in [-0.15, -0.1) is 0 Å². The van der Waals surface area contributed by atoms with Gasteiger partial charge in [-0.3, -0.25) is 9.59 Å². The third-order valence-electron chi connectivity index (χ3n) is 2.37. The van der Waals surface area contributed by atoms with Crippen LogP contribution in [0.15, 0.2) is 0 Å². The van der Waals surface area contributed by atoms with Crippen LogP contribution in [0.25, 0.3) is 0 Å². The summed E-state index contributed by atoms with van der Waals surface area (Å²) in [5, 5.41) is 10.4. The van der Waals surface area contributed by atoms with Gasteiger partial charge in [0.05, 0.1) is 17.6 Å². The van der Waals surface area contributed by atoms with E-state index in [0.717, 1.165) is 0 Å². The zero-order valence-corrected chi connectivity index (χ0v) is 9.99. The molecule has 0 aromatic carbocycles. The maximum atomic E-state index is 11.6. The number of amides is 2. The summed E-state index contributed by atoms with van der Waals surface area (Å²) >= 11 is 0. The highest BCUT2D eigenvalue weighted by Crippen LogP contribution is 2.05. The largest absolute Gasteiger partial charge is 0.335 e. The second kappa shape index (κ2) is 5.63. The third-order valence-corrected chi connectivity index (χ3v) is 4.08. The van der Waals surface area contributed by atoms with Crippen LogP contribution in [0, 0.1) is 11.3 Å². The van der Waals surface area contributed by atoms with Crippen LogP contribution in [0.4, 0.5) is 0 Å². The topological polar surface area (TPSA) is 107 Å². The first kappa shape index (κ1) is 13.4. The summed E-state index contributed by atoms with van der Waals surface area (Å²) in [5.74, 6) is -1.73. The lowest BCUT2D eigenvalue weighted by Crippen LogP contribution is -2.44. The Labute approximate surface area is 99.3 Å². The lowest BCUT2D eigenvalue weighted by Gasteiger charge is -2.18. The normalized spacial score (nSPS) is 18.9. The molecule has 0 spiro atoms. The number of carbonyl (C=O) groups excluding carboxylic acids is 2. The van der Waals surface area contributed by atoms with E-state index < -0.39 is 21.7 Å².